The van der Waals surface area contributed by atoms with Gasteiger partial charge in [0.15, 0.2) is 11.5 Å². The van der Waals surface area contributed by atoms with Crippen LogP contribution in [0.15, 0.2) is 57.4 Å². The molecule has 2 heterocycles. The third-order valence-corrected chi connectivity index (χ3v) is 5.96. The van der Waals surface area contributed by atoms with Crippen molar-refractivity contribution in [2.45, 2.75) is 20.3 Å². The number of rotatable bonds is 5. The van der Waals surface area contributed by atoms with Gasteiger partial charge in [0.05, 0.1) is 16.1 Å². The molecule has 0 aliphatic carbocycles. The van der Waals surface area contributed by atoms with E-state index in [-0.39, 0.29) is 29.6 Å². The first-order chi connectivity index (χ1) is 15.3. The van der Waals surface area contributed by atoms with E-state index in [1.54, 1.807) is 25.1 Å². The summed E-state index contributed by atoms with van der Waals surface area (Å²) in [5.74, 6) is -0.472. The molecule has 0 saturated carbocycles. The number of Topliss-reactive ketones (excluding diaryl/α,β-unsaturated/α-hetero) is 1. The Labute approximate surface area is 202 Å². The quantitative estimate of drug-likeness (QED) is 0.267. The van der Waals surface area contributed by atoms with E-state index < -0.39 is 0 Å². The van der Waals surface area contributed by atoms with E-state index >= 15 is 0 Å². The highest BCUT2D eigenvalue weighted by Gasteiger charge is 2.24. The van der Waals surface area contributed by atoms with Crippen molar-refractivity contribution in [3.8, 4) is 22.4 Å². The molecule has 0 fully saturated rings. The molecule has 0 aliphatic heterocycles. The number of anilines is 1. The van der Waals surface area contributed by atoms with Crippen LogP contribution < -0.4 is 5.32 Å². The largest absolute Gasteiger partial charge is 0.432 e. The lowest BCUT2D eigenvalue weighted by Gasteiger charge is -2.12. The molecule has 162 valence electrons. The molecule has 2 aromatic carbocycles. The Bertz CT molecular complexity index is 1360. The van der Waals surface area contributed by atoms with Crippen LogP contribution in [0.3, 0.4) is 0 Å². The Morgan fingerprint density at radius 3 is 2.41 bits per heavy atom. The molecular weight excluding hydrogens is 515 g/mol. The highest BCUT2D eigenvalue weighted by Crippen LogP contribution is 2.41. The number of nitrogens with zero attached hydrogens (tertiary/aromatic N) is 1. The van der Waals surface area contributed by atoms with Crippen molar-refractivity contribution in [1.29, 1.82) is 0 Å². The lowest BCUT2D eigenvalue weighted by atomic mass is 9.98. The molecule has 4 aromatic rings. The van der Waals surface area contributed by atoms with Gasteiger partial charge in [-0.1, -0.05) is 64.3 Å². The normalized spacial score (nSPS) is 11.0. The van der Waals surface area contributed by atoms with Crippen LogP contribution in [0.2, 0.25) is 10.0 Å². The smallest absolute Gasteiger partial charge is 0.229 e. The molecule has 0 bridgehead atoms. The van der Waals surface area contributed by atoms with Gasteiger partial charge in [-0.2, -0.15) is 0 Å². The number of hydrogen-bond acceptors (Lipinski definition) is 4. The van der Waals surface area contributed by atoms with E-state index in [1.807, 2.05) is 30.3 Å². The number of amides is 1. The first-order valence-corrected chi connectivity index (χ1v) is 11.3. The molecule has 0 unspecified atom stereocenters. The van der Waals surface area contributed by atoms with Crippen molar-refractivity contribution in [3.63, 3.8) is 0 Å². The predicted molar refractivity (Wildman–Crippen MR) is 132 cm³/mol. The fourth-order valence-electron chi connectivity index (χ4n) is 3.42. The Hall–Kier alpha value is -2.67. The van der Waals surface area contributed by atoms with Crippen LogP contribution in [0.5, 0.6) is 0 Å². The molecule has 32 heavy (non-hydrogen) atoms. The molecule has 8 heteroatoms. The monoisotopic (exact) mass is 530 g/mol. The summed E-state index contributed by atoms with van der Waals surface area (Å²) >= 11 is 16.1. The minimum Gasteiger partial charge on any atom is -0.432 e. The van der Waals surface area contributed by atoms with Crippen LogP contribution in [0.25, 0.3) is 33.5 Å². The second kappa shape index (κ2) is 9.06. The maximum Gasteiger partial charge on any atom is 0.229 e. The molecular formula is C24H17BrCl2N2O3. The van der Waals surface area contributed by atoms with Gasteiger partial charge >= 0.3 is 0 Å². The van der Waals surface area contributed by atoms with Crippen LogP contribution >= 0.6 is 39.1 Å². The van der Waals surface area contributed by atoms with Crippen molar-refractivity contribution in [2.24, 2.45) is 0 Å². The average Bonchev–Trinajstić information content (AvgIpc) is 3.10. The lowest BCUT2D eigenvalue weighted by molar-refractivity contribution is -0.114. The first kappa shape index (κ1) is 22.5. The van der Waals surface area contributed by atoms with Crippen LogP contribution in [-0.2, 0) is 4.79 Å². The zero-order valence-corrected chi connectivity index (χ0v) is 20.2. The SMILES string of the molecule is CCC(=O)c1oc2nc(-c3ccc(Br)cc3Cl)c(-c3ccc(Cl)cc3)cc2c1NC(C)=O. The zero-order valence-electron chi connectivity index (χ0n) is 17.1. The summed E-state index contributed by atoms with van der Waals surface area (Å²) in [5.41, 5.74) is 3.42. The molecule has 0 aliphatic rings. The molecule has 0 saturated heterocycles. The Kier molecular flexibility index (Phi) is 6.38. The van der Waals surface area contributed by atoms with Gasteiger partial charge in [0.2, 0.25) is 11.6 Å². The summed E-state index contributed by atoms with van der Waals surface area (Å²) in [6.07, 6.45) is 0.224. The van der Waals surface area contributed by atoms with E-state index in [0.717, 1.165) is 15.6 Å². The van der Waals surface area contributed by atoms with Gasteiger partial charge in [-0.15, -0.1) is 0 Å². The average molecular weight is 532 g/mol. The summed E-state index contributed by atoms with van der Waals surface area (Å²) in [6.45, 7) is 3.11. The number of hydrogen-bond donors (Lipinski definition) is 1. The summed E-state index contributed by atoms with van der Waals surface area (Å²) in [4.78, 5) is 29.1. The Balaban J connectivity index is 2.07. The van der Waals surface area contributed by atoms with Gasteiger partial charge in [-0.3, -0.25) is 9.59 Å². The number of benzene rings is 2. The number of fused-ring (bicyclic) bond motifs is 1. The molecule has 5 nitrogen and oxygen atoms in total. The standard InChI is InChI=1S/C24H17BrCl2N2O3/c1-3-20(31)23-22(28-12(2)30)18-11-17(13-4-7-15(26)8-5-13)21(29-24(18)32-23)16-9-6-14(25)10-19(16)27/h4-11H,3H2,1-2H3,(H,28,30). The minimum absolute atomic E-state index is 0.0753. The molecule has 0 radical (unpaired) electrons. The van der Waals surface area contributed by atoms with Crippen molar-refractivity contribution >= 4 is 67.6 Å². The number of ketones is 1. The minimum atomic E-state index is -0.314. The molecule has 0 spiro atoms. The Morgan fingerprint density at radius 2 is 1.78 bits per heavy atom. The number of carbonyl (C=O) groups is 2. The summed E-state index contributed by atoms with van der Waals surface area (Å²) in [6, 6.07) is 14.7. The predicted octanol–water partition coefficient (Wildman–Crippen LogP) is 7.78. The van der Waals surface area contributed by atoms with E-state index in [2.05, 4.69) is 21.2 Å². The maximum atomic E-state index is 12.5. The third kappa shape index (κ3) is 4.31. The van der Waals surface area contributed by atoms with Gasteiger partial charge in [0.25, 0.3) is 0 Å². The summed E-state index contributed by atoms with van der Waals surface area (Å²) in [7, 11) is 0. The number of nitrogens with one attached hydrogen (secondary N) is 1. The van der Waals surface area contributed by atoms with E-state index in [1.165, 1.54) is 6.92 Å². The number of aromatic nitrogens is 1. The number of halogens is 3. The fourth-order valence-corrected chi connectivity index (χ4v) is 4.31. The number of carbonyl (C=O) groups excluding carboxylic acids is 2. The first-order valence-electron chi connectivity index (χ1n) is 9.78. The molecule has 4 rings (SSSR count). The van der Waals surface area contributed by atoms with Crippen molar-refractivity contribution < 1.29 is 14.0 Å². The highest BCUT2D eigenvalue weighted by molar-refractivity contribution is 9.10. The van der Waals surface area contributed by atoms with E-state index in [9.17, 15) is 9.59 Å². The number of furan rings is 1. The summed E-state index contributed by atoms with van der Waals surface area (Å²) < 4.78 is 6.67. The number of pyridine rings is 1. The van der Waals surface area contributed by atoms with Gasteiger partial charge in [0.1, 0.15) is 5.69 Å². The zero-order chi connectivity index (χ0) is 23.0. The van der Waals surface area contributed by atoms with Crippen molar-refractivity contribution in [2.75, 3.05) is 5.32 Å². The van der Waals surface area contributed by atoms with Crippen molar-refractivity contribution in [1.82, 2.24) is 4.98 Å². The second-order valence-corrected chi connectivity index (χ2v) is 8.89. The molecule has 0 atom stereocenters. The van der Waals surface area contributed by atoms with Gasteiger partial charge in [0, 0.05) is 34.0 Å². The highest BCUT2D eigenvalue weighted by atomic mass is 79.9. The van der Waals surface area contributed by atoms with Crippen LogP contribution in [0.1, 0.15) is 30.8 Å². The van der Waals surface area contributed by atoms with Crippen LogP contribution in [0.4, 0.5) is 5.69 Å². The molecule has 2 aromatic heterocycles. The topological polar surface area (TPSA) is 72.2 Å². The maximum absolute atomic E-state index is 12.5. The Morgan fingerprint density at radius 1 is 1.06 bits per heavy atom. The van der Waals surface area contributed by atoms with Gasteiger partial charge in [-0.25, -0.2) is 4.98 Å². The van der Waals surface area contributed by atoms with Crippen LogP contribution in [-0.4, -0.2) is 16.7 Å². The van der Waals surface area contributed by atoms with E-state index in [0.29, 0.717) is 32.4 Å². The summed E-state index contributed by atoms with van der Waals surface area (Å²) in [5, 5.41) is 4.36. The third-order valence-electron chi connectivity index (χ3n) is 4.90. The second-order valence-electron chi connectivity index (χ2n) is 7.13. The van der Waals surface area contributed by atoms with Crippen LogP contribution in [0, 0.1) is 0 Å². The van der Waals surface area contributed by atoms with Crippen molar-refractivity contribution in [3.05, 3.63) is 68.8 Å². The van der Waals surface area contributed by atoms with E-state index in [4.69, 9.17) is 32.6 Å². The van der Waals surface area contributed by atoms with Gasteiger partial charge in [-0.05, 0) is 35.9 Å². The fraction of sp³-hybridized carbons (Fsp3) is 0.125. The molecule has 1 amide bonds. The lowest BCUT2D eigenvalue weighted by Crippen LogP contribution is -2.09. The molecule has 1 N–H and O–H groups in total. The van der Waals surface area contributed by atoms with Gasteiger partial charge < -0.3 is 9.73 Å².